The van der Waals surface area contributed by atoms with E-state index in [2.05, 4.69) is 5.32 Å². The number of morpholine rings is 1. The highest BCUT2D eigenvalue weighted by Crippen LogP contribution is 2.26. The van der Waals surface area contributed by atoms with Crippen molar-refractivity contribution in [2.45, 2.75) is 43.4 Å². The van der Waals surface area contributed by atoms with Crippen molar-refractivity contribution in [1.29, 1.82) is 0 Å². The fourth-order valence-electron chi connectivity index (χ4n) is 2.29. The number of methoxy groups -OCH3 is 1. The van der Waals surface area contributed by atoms with Crippen molar-refractivity contribution in [3.8, 4) is 0 Å². The number of hydrogen-bond acceptors (Lipinski definition) is 5. The van der Waals surface area contributed by atoms with E-state index < -0.39 is 0 Å². The van der Waals surface area contributed by atoms with Gasteiger partial charge in [0.1, 0.15) is 0 Å². The van der Waals surface area contributed by atoms with Crippen LogP contribution in [0.5, 0.6) is 0 Å². The normalized spacial score (nSPS) is 47.8. The molecule has 0 aromatic carbocycles. The van der Waals surface area contributed by atoms with Gasteiger partial charge in [0.05, 0.1) is 24.9 Å². The maximum Gasteiger partial charge on any atom is 0.173 e. The molecular weight excluding hydrogens is 186 g/mol. The van der Waals surface area contributed by atoms with Gasteiger partial charge in [-0.1, -0.05) is 0 Å². The van der Waals surface area contributed by atoms with Gasteiger partial charge in [-0.25, -0.2) is 0 Å². The van der Waals surface area contributed by atoms with E-state index in [4.69, 9.17) is 14.6 Å². The zero-order valence-electron chi connectivity index (χ0n) is 8.22. The Morgan fingerprint density at radius 2 is 2.14 bits per heavy atom. The quantitative estimate of drug-likeness (QED) is 0.527. The summed E-state index contributed by atoms with van der Waals surface area (Å²) in [4.78, 5) is 0. The molecule has 82 valence electrons. The van der Waals surface area contributed by atoms with Crippen LogP contribution in [0.4, 0.5) is 0 Å². The second kappa shape index (κ2) is 4.12. The van der Waals surface area contributed by atoms with E-state index in [1.165, 1.54) is 0 Å². The highest BCUT2D eigenvalue weighted by atomic mass is 16.7. The Bertz CT molecular complexity index is 183. The second-order valence-electron chi connectivity index (χ2n) is 3.97. The van der Waals surface area contributed by atoms with Crippen LogP contribution >= 0.6 is 0 Å². The number of rotatable bonds is 2. The van der Waals surface area contributed by atoms with E-state index in [0.29, 0.717) is 12.8 Å². The molecule has 2 heterocycles. The number of aliphatic hydroxyl groups is 2. The van der Waals surface area contributed by atoms with E-state index in [-0.39, 0.29) is 37.2 Å². The largest absolute Gasteiger partial charge is 0.394 e. The van der Waals surface area contributed by atoms with Crippen LogP contribution in [-0.4, -0.2) is 54.5 Å². The summed E-state index contributed by atoms with van der Waals surface area (Å²) in [5, 5.41) is 22.0. The minimum atomic E-state index is -0.363. The highest BCUT2D eigenvalue weighted by molar-refractivity contribution is 4.95. The number of fused-ring (bicyclic) bond motifs is 2. The molecule has 2 rings (SSSR count). The van der Waals surface area contributed by atoms with Gasteiger partial charge in [-0.15, -0.1) is 0 Å². The van der Waals surface area contributed by atoms with Crippen LogP contribution in [-0.2, 0) is 9.47 Å². The lowest BCUT2D eigenvalue weighted by atomic mass is 9.90. The number of hydrogen-bond donors (Lipinski definition) is 3. The van der Waals surface area contributed by atoms with Crippen molar-refractivity contribution in [3.05, 3.63) is 0 Å². The van der Waals surface area contributed by atoms with Gasteiger partial charge in [0, 0.05) is 13.2 Å². The maximum absolute atomic E-state index is 9.61. The van der Waals surface area contributed by atoms with Crippen molar-refractivity contribution < 1.29 is 19.7 Å². The topological polar surface area (TPSA) is 71.0 Å². The zero-order valence-corrected chi connectivity index (χ0v) is 8.22. The van der Waals surface area contributed by atoms with Crippen LogP contribution < -0.4 is 5.32 Å². The van der Waals surface area contributed by atoms with E-state index in [0.717, 1.165) is 0 Å². The molecule has 0 aliphatic carbocycles. The fraction of sp³-hybridized carbons (Fsp3) is 1.00. The average Bonchev–Trinajstić information content (AvgIpc) is 2.18. The average molecular weight is 203 g/mol. The van der Waals surface area contributed by atoms with E-state index in [1.54, 1.807) is 7.11 Å². The molecule has 2 bridgehead atoms. The Morgan fingerprint density at radius 1 is 1.43 bits per heavy atom. The summed E-state index contributed by atoms with van der Waals surface area (Å²) in [6.07, 6.45) is 0.331. The first kappa shape index (κ1) is 10.3. The number of ether oxygens (including phenoxy) is 2. The molecule has 2 aliphatic heterocycles. The summed E-state index contributed by atoms with van der Waals surface area (Å²) in [5.41, 5.74) is 0. The standard InChI is InChI=1S/C9H17NO4/c1-13-9-7-3-5(12)2-6(10-7)8(4-11)14-9/h5-12H,2-4H2,1H3/t5-,6-,7+,8+,9+/m1/s1. The number of aliphatic hydroxyl groups excluding tert-OH is 2. The number of nitrogens with one attached hydrogen (secondary N) is 1. The molecule has 5 heteroatoms. The lowest BCUT2D eigenvalue weighted by Gasteiger charge is -2.46. The third-order valence-electron chi connectivity index (χ3n) is 2.98. The third kappa shape index (κ3) is 1.78. The van der Waals surface area contributed by atoms with E-state index in [9.17, 15) is 5.11 Å². The van der Waals surface area contributed by atoms with Crippen LogP contribution in [0.15, 0.2) is 0 Å². The van der Waals surface area contributed by atoms with Gasteiger partial charge in [0.25, 0.3) is 0 Å². The zero-order chi connectivity index (χ0) is 10.1. The molecule has 0 saturated carbocycles. The van der Waals surface area contributed by atoms with Crippen molar-refractivity contribution in [2.24, 2.45) is 0 Å². The third-order valence-corrected chi connectivity index (χ3v) is 2.98. The van der Waals surface area contributed by atoms with E-state index in [1.807, 2.05) is 0 Å². The lowest BCUT2D eigenvalue weighted by Crippen LogP contribution is -2.64. The Hall–Kier alpha value is -0.200. The Kier molecular flexibility index (Phi) is 3.04. The van der Waals surface area contributed by atoms with Gasteiger partial charge in [-0.05, 0) is 12.8 Å². The Morgan fingerprint density at radius 3 is 2.79 bits per heavy atom. The molecule has 2 saturated heterocycles. The molecule has 5 atom stereocenters. The van der Waals surface area contributed by atoms with Crippen LogP contribution in [0, 0.1) is 0 Å². The van der Waals surface area contributed by atoms with Gasteiger partial charge in [0.15, 0.2) is 6.29 Å². The van der Waals surface area contributed by atoms with E-state index >= 15 is 0 Å². The van der Waals surface area contributed by atoms with Crippen molar-refractivity contribution >= 4 is 0 Å². The first-order valence-corrected chi connectivity index (χ1v) is 4.98. The maximum atomic E-state index is 9.61. The molecule has 0 aromatic rings. The van der Waals surface area contributed by atoms with Gasteiger partial charge >= 0.3 is 0 Å². The summed E-state index contributed by atoms with van der Waals surface area (Å²) in [6.45, 7) is -0.0447. The van der Waals surface area contributed by atoms with Crippen LogP contribution in [0.2, 0.25) is 0 Å². The summed E-state index contributed by atoms with van der Waals surface area (Å²) < 4.78 is 10.7. The van der Waals surface area contributed by atoms with Crippen LogP contribution in [0.1, 0.15) is 12.8 Å². The molecule has 3 N–H and O–H groups in total. The molecule has 5 nitrogen and oxygen atoms in total. The Balaban J connectivity index is 2.07. The molecular formula is C9H17NO4. The second-order valence-corrected chi connectivity index (χ2v) is 3.97. The molecule has 14 heavy (non-hydrogen) atoms. The van der Waals surface area contributed by atoms with Gasteiger partial charge in [-0.3, -0.25) is 0 Å². The smallest absolute Gasteiger partial charge is 0.173 e. The molecule has 0 aromatic heterocycles. The fourth-order valence-corrected chi connectivity index (χ4v) is 2.29. The van der Waals surface area contributed by atoms with Gasteiger partial charge in [0.2, 0.25) is 0 Å². The van der Waals surface area contributed by atoms with Crippen LogP contribution in [0.3, 0.4) is 0 Å². The monoisotopic (exact) mass is 203 g/mol. The first-order valence-electron chi connectivity index (χ1n) is 4.98. The van der Waals surface area contributed by atoms with Gasteiger partial charge in [-0.2, -0.15) is 0 Å². The van der Waals surface area contributed by atoms with Gasteiger partial charge < -0.3 is 25.0 Å². The minimum Gasteiger partial charge on any atom is -0.394 e. The van der Waals surface area contributed by atoms with Crippen LogP contribution in [0.25, 0.3) is 0 Å². The highest BCUT2D eigenvalue weighted by Gasteiger charge is 2.42. The summed E-state index contributed by atoms with van der Waals surface area (Å²) in [6, 6.07) is 0.0803. The van der Waals surface area contributed by atoms with Crippen molar-refractivity contribution in [2.75, 3.05) is 13.7 Å². The molecule has 0 spiro atoms. The van der Waals surface area contributed by atoms with Crippen molar-refractivity contribution in [1.82, 2.24) is 5.32 Å². The lowest BCUT2D eigenvalue weighted by molar-refractivity contribution is -0.228. The molecule has 2 fully saturated rings. The molecule has 0 amide bonds. The SMILES string of the molecule is CO[C@H]1O[C@@H](CO)[C@H]2C[C@@H](O)C[C@@H]1N2. The predicted octanol–water partition coefficient (Wildman–Crippen LogP) is -1.17. The van der Waals surface area contributed by atoms with Crippen molar-refractivity contribution in [3.63, 3.8) is 0 Å². The molecule has 0 radical (unpaired) electrons. The summed E-state index contributed by atoms with van der Waals surface area (Å²) in [5.74, 6) is 0. The predicted molar refractivity (Wildman–Crippen MR) is 48.7 cm³/mol. The molecule has 0 unspecified atom stereocenters. The minimum absolute atomic E-state index is 0.0385. The summed E-state index contributed by atoms with van der Waals surface area (Å²) in [7, 11) is 1.57. The Labute approximate surface area is 83.0 Å². The number of piperidine rings is 1. The molecule has 2 aliphatic rings. The first-order chi connectivity index (χ1) is 6.74. The summed E-state index contributed by atoms with van der Waals surface area (Å²) >= 11 is 0.